The number of anilines is 1. The Bertz CT molecular complexity index is 1100. The number of hydrogen-bond donors (Lipinski definition) is 2. The molecule has 0 bridgehead atoms. The molecule has 2 aromatic heterocycles. The molecule has 2 heterocycles. The van der Waals surface area contributed by atoms with E-state index in [0.717, 1.165) is 7.05 Å². The molecule has 0 fully saturated rings. The van der Waals surface area contributed by atoms with Crippen molar-refractivity contribution in [2.24, 2.45) is 7.05 Å². The third-order valence-electron chi connectivity index (χ3n) is 4.04. The van der Waals surface area contributed by atoms with E-state index in [1.54, 1.807) is 0 Å². The zero-order chi connectivity index (χ0) is 22.6. The van der Waals surface area contributed by atoms with Gasteiger partial charge in [-0.15, -0.1) is 5.10 Å². The van der Waals surface area contributed by atoms with Crippen LogP contribution in [0, 0.1) is 0 Å². The number of benzene rings is 1. The van der Waals surface area contributed by atoms with Crippen LogP contribution in [0.25, 0.3) is 22.6 Å². The number of aromatic amines is 1. The molecule has 0 saturated heterocycles. The molecule has 30 heavy (non-hydrogen) atoms. The van der Waals surface area contributed by atoms with Crippen LogP contribution in [0.1, 0.15) is 11.3 Å². The fraction of sp³-hybridized carbons (Fsp3) is 0.267. The van der Waals surface area contributed by atoms with Gasteiger partial charge in [0.25, 0.3) is 0 Å². The number of nitrogen functional groups attached to an aromatic ring is 1. The van der Waals surface area contributed by atoms with E-state index < -0.39 is 40.9 Å². The van der Waals surface area contributed by atoms with E-state index in [-0.39, 0.29) is 26.6 Å². The van der Waals surface area contributed by atoms with Crippen molar-refractivity contribution in [2.75, 3.05) is 5.73 Å². The molecule has 3 N–H and O–H groups in total. The minimum Gasteiger partial charge on any atom is -0.398 e. The number of H-pyrrole nitrogens is 1. The molecule has 0 atom stereocenters. The lowest BCUT2D eigenvalue weighted by molar-refractivity contribution is -0.292. The van der Waals surface area contributed by atoms with E-state index in [9.17, 15) is 35.1 Å². The summed E-state index contributed by atoms with van der Waals surface area (Å²) < 4.78 is 107. The number of alkyl halides is 8. The lowest BCUT2D eigenvalue weighted by Crippen LogP contribution is -2.36. The minimum absolute atomic E-state index is 0.0217. The second-order valence-corrected chi connectivity index (χ2v) is 6.44. The second-order valence-electron chi connectivity index (χ2n) is 6.04. The Morgan fingerprint density at radius 3 is 2.23 bits per heavy atom. The van der Waals surface area contributed by atoms with Gasteiger partial charge in [0.15, 0.2) is 5.69 Å². The molecule has 0 spiro atoms. The molecule has 15 heteroatoms. The Labute approximate surface area is 166 Å². The maximum Gasteiger partial charge on any atom is 0.459 e. The van der Waals surface area contributed by atoms with Crippen LogP contribution in [0.15, 0.2) is 18.2 Å². The molecule has 0 unspecified atom stereocenters. The van der Waals surface area contributed by atoms with Crippen LogP contribution in [-0.2, 0) is 19.1 Å². The fourth-order valence-corrected chi connectivity index (χ4v) is 2.84. The van der Waals surface area contributed by atoms with Crippen LogP contribution in [0.3, 0.4) is 0 Å². The van der Waals surface area contributed by atoms with Crippen molar-refractivity contribution < 1.29 is 35.1 Å². The molecule has 0 aliphatic rings. The summed E-state index contributed by atoms with van der Waals surface area (Å²) in [5.74, 6) is -5.87. The van der Waals surface area contributed by atoms with E-state index in [1.807, 2.05) is 0 Å². The highest BCUT2D eigenvalue weighted by Crippen LogP contribution is 2.50. The average molecular weight is 461 g/mol. The Kier molecular flexibility index (Phi) is 4.96. The van der Waals surface area contributed by atoms with Crippen LogP contribution >= 0.6 is 11.6 Å². The predicted octanol–water partition coefficient (Wildman–Crippen LogP) is 4.78. The molecule has 1 aromatic carbocycles. The van der Waals surface area contributed by atoms with Crippen molar-refractivity contribution in [3.05, 3.63) is 34.5 Å². The highest BCUT2D eigenvalue weighted by atomic mass is 35.5. The van der Waals surface area contributed by atoms with Gasteiger partial charge in [-0.1, -0.05) is 22.9 Å². The van der Waals surface area contributed by atoms with Gasteiger partial charge in [-0.25, -0.2) is 0 Å². The van der Waals surface area contributed by atoms with Gasteiger partial charge in [-0.2, -0.15) is 40.2 Å². The van der Waals surface area contributed by atoms with Crippen molar-refractivity contribution >= 4 is 17.3 Å². The monoisotopic (exact) mass is 460 g/mol. The number of rotatable bonds is 3. The molecule has 6 nitrogen and oxygen atoms in total. The minimum atomic E-state index is -6.31. The number of nitrogens with two attached hydrogens (primary N) is 1. The van der Waals surface area contributed by atoms with Crippen LogP contribution in [0.2, 0.25) is 5.02 Å². The van der Waals surface area contributed by atoms with Gasteiger partial charge in [0, 0.05) is 12.6 Å². The number of hydrogen-bond acceptors (Lipinski definition) is 4. The predicted molar refractivity (Wildman–Crippen MR) is 88.4 cm³/mol. The molecule has 0 aliphatic heterocycles. The largest absolute Gasteiger partial charge is 0.459 e. The van der Waals surface area contributed by atoms with Crippen molar-refractivity contribution in [2.45, 2.75) is 18.3 Å². The molecular weight excluding hydrogens is 452 g/mol. The number of nitrogens with zero attached hydrogens (tertiary/aromatic N) is 4. The van der Waals surface area contributed by atoms with Crippen molar-refractivity contribution in [1.29, 1.82) is 0 Å². The standard InChI is InChI=1S/C15H9ClF8N6/c1-30-11(8(14(19,20)21)12(28-30)13(17,18)15(22,23)24)10-9(26-29-27-10)5-2-3-6(16)7(25)4-5/h2-4H,25H2,1H3,(H,26,27,29). The van der Waals surface area contributed by atoms with Crippen molar-refractivity contribution in [3.8, 4) is 22.6 Å². The highest BCUT2D eigenvalue weighted by Gasteiger charge is 2.64. The Morgan fingerprint density at radius 1 is 1.07 bits per heavy atom. The van der Waals surface area contributed by atoms with E-state index in [4.69, 9.17) is 17.3 Å². The van der Waals surface area contributed by atoms with Gasteiger partial charge in [0.1, 0.15) is 22.6 Å². The highest BCUT2D eigenvalue weighted by molar-refractivity contribution is 6.33. The normalized spacial score (nSPS) is 13.1. The summed E-state index contributed by atoms with van der Waals surface area (Å²) in [5, 5.41) is 12.0. The SMILES string of the molecule is Cn1nc(C(F)(F)C(F)(F)F)c(C(F)(F)F)c1-c1[nH]nnc1-c1ccc(Cl)c(N)c1. The summed E-state index contributed by atoms with van der Waals surface area (Å²) in [6.07, 6.45) is -11.9. The van der Waals surface area contributed by atoms with Crippen LogP contribution < -0.4 is 5.73 Å². The lowest BCUT2D eigenvalue weighted by Gasteiger charge is -2.19. The van der Waals surface area contributed by atoms with Crippen LogP contribution in [0.5, 0.6) is 0 Å². The summed E-state index contributed by atoms with van der Waals surface area (Å²) in [6.45, 7) is 0. The smallest absolute Gasteiger partial charge is 0.398 e. The number of nitrogens with one attached hydrogen (secondary N) is 1. The Balaban J connectivity index is 2.32. The molecule has 0 saturated carbocycles. The van der Waals surface area contributed by atoms with E-state index in [0.29, 0.717) is 0 Å². The van der Waals surface area contributed by atoms with Gasteiger partial charge >= 0.3 is 18.3 Å². The molecule has 162 valence electrons. The molecule has 0 radical (unpaired) electrons. The van der Waals surface area contributed by atoms with Gasteiger partial charge < -0.3 is 5.73 Å². The molecule has 3 aromatic rings. The topological polar surface area (TPSA) is 85.4 Å². The molecule has 0 amide bonds. The summed E-state index contributed by atoms with van der Waals surface area (Å²) in [7, 11) is 0.779. The first kappa shape index (κ1) is 21.8. The first-order valence-electron chi connectivity index (χ1n) is 7.72. The van der Waals surface area contributed by atoms with Crippen LogP contribution in [0.4, 0.5) is 40.8 Å². The number of aromatic nitrogens is 5. The van der Waals surface area contributed by atoms with E-state index in [2.05, 4.69) is 20.5 Å². The average Bonchev–Trinajstić information content (AvgIpc) is 3.20. The van der Waals surface area contributed by atoms with Gasteiger partial charge in [0.2, 0.25) is 0 Å². The Hall–Kier alpha value is -2.90. The lowest BCUT2D eigenvalue weighted by atomic mass is 10.0. The van der Waals surface area contributed by atoms with Crippen LogP contribution in [-0.4, -0.2) is 31.4 Å². The first-order chi connectivity index (χ1) is 13.7. The third kappa shape index (κ3) is 3.44. The fourth-order valence-electron chi connectivity index (χ4n) is 2.72. The van der Waals surface area contributed by atoms with Gasteiger partial charge in [-0.05, 0) is 12.1 Å². The third-order valence-corrected chi connectivity index (χ3v) is 4.38. The maximum atomic E-state index is 13.8. The van der Waals surface area contributed by atoms with Crippen molar-refractivity contribution in [3.63, 3.8) is 0 Å². The molecule has 3 rings (SSSR count). The summed E-state index contributed by atoms with van der Waals surface area (Å²) in [5.41, 5.74) is -1.03. The van der Waals surface area contributed by atoms with Crippen molar-refractivity contribution in [1.82, 2.24) is 25.2 Å². The van der Waals surface area contributed by atoms with Gasteiger partial charge in [0.05, 0.1) is 10.7 Å². The van der Waals surface area contributed by atoms with E-state index in [1.165, 1.54) is 18.2 Å². The first-order valence-corrected chi connectivity index (χ1v) is 8.10. The maximum absolute atomic E-state index is 13.8. The summed E-state index contributed by atoms with van der Waals surface area (Å²) in [6, 6.07) is 3.81. The van der Waals surface area contributed by atoms with Gasteiger partial charge in [-0.3, -0.25) is 9.78 Å². The number of halogens is 9. The summed E-state index contributed by atoms with van der Waals surface area (Å²) in [4.78, 5) is 0. The number of aryl methyl sites for hydroxylation is 1. The zero-order valence-corrected chi connectivity index (χ0v) is 15.3. The summed E-state index contributed by atoms with van der Waals surface area (Å²) >= 11 is 5.78. The second kappa shape index (κ2) is 6.82. The Morgan fingerprint density at radius 2 is 1.70 bits per heavy atom. The van der Waals surface area contributed by atoms with E-state index >= 15 is 0 Å². The quantitative estimate of drug-likeness (QED) is 0.435. The molecule has 0 aliphatic carbocycles. The zero-order valence-electron chi connectivity index (χ0n) is 14.5. The molecular formula is C15H9ClF8N6.